The normalized spacial score (nSPS) is 10.7. The molecule has 2 aromatic carbocycles. The van der Waals surface area contributed by atoms with Crippen molar-refractivity contribution in [3.63, 3.8) is 0 Å². The van der Waals surface area contributed by atoms with E-state index in [1.165, 1.54) is 33.6 Å². The lowest BCUT2D eigenvalue weighted by Gasteiger charge is -2.14. The molecule has 0 fully saturated rings. The molecule has 0 aliphatic heterocycles. The van der Waals surface area contributed by atoms with Gasteiger partial charge in [-0.25, -0.2) is 8.78 Å². The summed E-state index contributed by atoms with van der Waals surface area (Å²) in [5.74, 6) is -1.47. The number of benzene rings is 2. The van der Waals surface area contributed by atoms with Gasteiger partial charge >= 0.3 is 0 Å². The van der Waals surface area contributed by atoms with E-state index < -0.39 is 17.5 Å². The van der Waals surface area contributed by atoms with Gasteiger partial charge in [-0.15, -0.1) is 0 Å². The van der Waals surface area contributed by atoms with Crippen molar-refractivity contribution in [1.29, 1.82) is 0 Å². The number of rotatable bonds is 5. The van der Waals surface area contributed by atoms with Gasteiger partial charge < -0.3 is 24.5 Å². The van der Waals surface area contributed by atoms with Crippen LogP contribution in [-0.2, 0) is 0 Å². The van der Waals surface area contributed by atoms with Crippen LogP contribution in [0.3, 0.4) is 0 Å². The van der Waals surface area contributed by atoms with Crippen molar-refractivity contribution < 1.29 is 27.8 Å². The average molecular weight is 362 g/mol. The van der Waals surface area contributed by atoms with Crippen molar-refractivity contribution in [1.82, 2.24) is 4.98 Å². The molecule has 1 amide bonds. The predicted octanol–water partition coefficient (Wildman–Crippen LogP) is 3.72. The molecule has 3 rings (SSSR count). The van der Waals surface area contributed by atoms with Crippen molar-refractivity contribution >= 4 is 22.5 Å². The third-order valence-electron chi connectivity index (χ3n) is 3.89. The highest BCUT2D eigenvalue weighted by atomic mass is 19.2. The summed E-state index contributed by atoms with van der Waals surface area (Å²) in [4.78, 5) is 15.6. The van der Waals surface area contributed by atoms with Gasteiger partial charge in [-0.3, -0.25) is 4.79 Å². The van der Waals surface area contributed by atoms with Crippen molar-refractivity contribution in [2.45, 2.75) is 0 Å². The number of anilines is 1. The average Bonchev–Trinajstić information content (AvgIpc) is 3.06. The highest BCUT2D eigenvalue weighted by molar-refractivity contribution is 6.15. The van der Waals surface area contributed by atoms with Crippen molar-refractivity contribution in [2.75, 3.05) is 26.6 Å². The van der Waals surface area contributed by atoms with Crippen LogP contribution in [0.15, 0.2) is 30.5 Å². The zero-order valence-corrected chi connectivity index (χ0v) is 14.3. The van der Waals surface area contributed by atoms with E-state index in [9.17, 15) is 13.6 Å². The molecule has 8 heteroatoms. The maximum absolute atomic E-state index is 13.3. The van der Waals surface area contributed by atoms with Crippen LogP contribution in [0.25, 0.3) is 10.9 Å². The van der Waals surface area contributed by atoms with Crippen LogP contribution in [-0.4, -0.2) is 32.2 Å². The number of amides is 1. The molecule has 0 saturated carbocycles. The predicted molar refractivity (Wildman–Crippen MR) is 92.3 cm³/mol. The van der Waals surface area contributed by atoms with E-state index in [-0.39, 0.29) is 11.3 Å². The minimum atomic E-state index is -1.05. The zero-order chi connectivity index (χ0) is 18.8. The molecule has 0 atom stereocenters. The minimum absolute atomic E-state index is 0.127. The van der Waals surface area contributed by atoms with E-state index in [1.807, 2.05) is 0 Å². The van der Waals surface area contributed by atoms with Gasteiger partial charge in [0.15, 0.2) is 23.1 Å². The Morgan fingerprint density at radius 1 is 1.00 bits per heavy atom. The number of carbonyl (C=O) groups excluding carboxylic acids is 1. The Morgan fingerprint density at radius 2 is 1.73 bits per heavy atom. The number of hydrogen-bond acceptors (Lipinski definition) is 4. The standard InChI is InChI=1S/C18H16F2N2O4/c1-24-14-7-13-15(17(26-3)16(14)25-2)10(8-21-13)18(23)22-9-4-5-11(19)12(20)6-9/h4-8,21H,1-3H3,(H,22,23). The second kappa shape index (κ2) is 6.91. The summed E-state index contributed by atoms with van der Waals surface area (Å²) in [5.41, 5.74) is 0.972. The second-order valence-corrected chi connectivity index (χ2v) is 5.35. The van der Waals surface area contributed by atoms with Crippen molar-refractivity contribution in [3.05, 3.63) is 47.7 Å². The molecule has 136 valence electrons. The van der Waals surface area contributed by atoms with E-state index in [0.29, 0.717) is 28.2 Å². The van der Waals surface area contributed by atoms with Gasteiger partial charge in [0, 0.05) is 24.0 Å². The number of hydrogen-bond donors (Lipinski definition) is 2. The summed E-state index contributed by atoms with van der Waals surface area (Å²) in [7, 11) is 4.39. The molecule has 0 aliphatic carbocycles. The van der Waals surface area contributed by atoms with Crippen LogP contribution in [0.1, 0.15) is 10.4 Å². The third-order valence-corrected chi connectivity index (χ3v) is 3.89. The smallest absolute Gasteiger partial charge is 0.257 e. The number of methoxy groups -OCH3 is 3. The van der Waals surface area contributed by atoms with Gasteiger partial charge in [0.05, 0.1) is 37.8 Å². The molecule has 0 aliphatic rings. The first kappa shape index (κ1) is 17.5. The summed E-state index contributed by atoms with van der Waals surface area (Å²) in [6.45, 7) is 0. The van der Waals surface area contributed by atoms with Gasteiger partial charge in [0.25, 0.3) is 5.91 Å². The third kappa shape index (κ3) is 2.90. The van der Waals surface area contributed by atoms with Crippen LogP contribution in [0.2, 0.25) is 0 Å². The molecule has 6 nitrogen and oxygen atoms in total. The monoisotopic (exact) mass is 362 g/mol. The van der Waals surface area contributed by atoms with Crippen LogP contribution in [0.4, 0.5) is 14.5 Å². The molecule has 3 aromatic rings. The Kier molecular flexibility index (Phi) is 4.66. The topological polar surface area (TPSA) is 72.6 Å². The number of nitrogens with one attached hydrogen (secondary N) is 2. The Morgan fingerprint density at radius 3 is 2.35 bits per heavy atom. The molecule has 1 aromatic heterocycles. The number of halogens is 2. The molecule has 0 bridgehead atoms. The number of aromatic amines is 1. The van der Waals surface area contributed by atoms with E-state index in [0.717, 1.165) is 12.1 Å². The summed E-state index contributed by atoms with van der Waals surface area (Å²) in [6.07, 6.45) is 1.49. The fourth-order valence-electron chi connectivity index (χ4n) is 2.71. The molecular weight excluding hydrogens is 346 g/mol. The summed E-state index contributed by atoms with van der Waals surface area (Å²) < 4.78 is 42.4. The van der Waals surface area contributed by atoms with Crippen LogP contribution in [0, 0.1) is 11.6 Å². The highest BCUT2D eigenvalue weighted by Gasteiger charge is 2.23. The Hall–Kier alpha value is -3.29. The van der Waals surface area contributed by atoms with E-state index in [1.54, 1.807) is 6.07 Å². The lowest BCUT2D eigenvalue weighted by Crippen LogP contribution is -2.12. The molecule has 26 heavy (non-hydrogen) atoms. The largest absolute Gasteiger partial charge is 0.493 e. The molecular formula is C18H16F2N2O4. The zero-order valence-electron chi connectivity index (χ0n) is 14.3. The summed E-state index contributed by atoms with van der Waals surface area (Å²) in [5, 5.41) is 3.01. The fraction of sp³-hybridized carbons (Fsp3) is 0.167. The lowest BCUT2D eigenvalue weighted by molar-refractivity contribution is 0.102. The van der Waals surface area contributed by atoms with Crippen LogP contribution in [0.5, 0.6) is 17.2 Å². The molecule has 0 spiro atoms. The first-order valence-electron chi connectivity index (χ1n) is 7.56. The maximum Gasteiger partial charge on any atom is 0.257 e. The van der Waals surface area contributed by atoms with Gasteiger partial charge in [-0.05, 0) is 12.1 Å². The number of carbonyl (C=O) groups is 1. The molecule has 0 radical (unpaired) electrons. The maximum atomic E-state index is 13.3. The SMILES string of the molecule is COc1cc2[nH]cc(C(=O)Nc3ccc(F)c(F)c3)c2c(OC)c1OC. The van der Waals surface area contributed by atoms with Gasteiger partial charge in [0.2, 0.25) is 5.75 Å². The van der Waals surface area contributed by atoms with E-state index in [4.69, 9.17) is 14.2 Å². The Balaban J connectivity index is 2.07. The van der Waals surface area contributed by atoms with E-state index in [2.05, 4.69) is 10.3 Å². The van der Waals surface area contributed by atoms with Crippen LogP contribution < -0.4 is 19.5 Å². The quantitative estimate of drug-likeness (QED) is 0.726. The molecule has 0 unspecified atom stereocenters. The van der Waals surface area contributed by atoms with Gasteiger partial charge in [-0.2, -0.15) is 0 Å². The van der Waals surface area contributed by atoms with Crippen molar-refractivity contribution in [2.24, 2.45) is 0 Å². The minimum Gasteiger partial charge on any atom is -0.493 e. The molecule has 0 saturated heterocycles. The molecule has 1 heterocycles. The first-order valence-corrected chi connectivity index (χ1v) is 7.56. The fourth-order valence-corrected chi connectivity index (χ4v) is 2.71. The number of fused-ring (bicyclic) bond motifs is 1. The number of aromatic nitrogens is 1. The second-order valence-electron chi connectivity index (χ2n) is 5.35. The van der Waals surface area contributed by atoms with Crippen molar-refractivity contribution in [3.8, 4) is 17.2 Å². The summed E-state index contributed by atoms with van der Waals surface area (Å²) in [6, 6.07) is 4.79. The first-order chi connectivity index (χ1) is 12.5. The Bertz CT molecular complexity index is 985. The van der Waals surface area contributed by atoms with Gasteiger partial charge in [-0.1, -0.05) is 0 Å². The van der Waals surface area contributed by atoms with Crippen LogP contribution >= 0.6 is 0 Å². The number of ether oxygens (including phenoxy) is 3. The van der Waals surface area contributed by atoms with Gasteiger partial charge in [0.1, 0.15) is 0 Å². The Labute approximate surface area is 147 Å². The molecule has 2 N–H and O–H groups in total. The summed E-state index contributed by atoms with van der Waals surface area (Å²) >= 11 is 0. The number of H-pyrrole nitrogens is 1. The van der Waals surface area contributed by atoms with E-state index >= 15 is 0 Å². The highest BCUT2D eigenvalue weighted by Crippen LogP contribution is 2.44. The lowest BCUT2D eigenvalue weighted by atomic mass is 10.1.